The minimum absolute atomic E-state index is 0.0710. The van der Waals surface area contributed by atoms with Crippen LogP contribution in [0.5, 0.6) is 0 Å². The Hall–Kier alpha value is -2.38. The van der Waals surface area contributed by atoms with Gasteiger partial charge in [0.2, 0.25) is 0 Å². The van der Waals surface area contributed by atoms with Gasteiger partial charge in [0.15, 0.2) is 0 Å². The minimum atomic E-state index is -0.0710. The molecule has 1 N–H and O–H groups in total. The summed E-state index contributed by atoms with van der Waals surface area (Å²) < 4.78 is 13.4. The number of hydrogen-bond donors (Lipinski definition) is 1. The van der Waals surface area contributed by atoms with Gasteiger partial charge in [0, 0.05) is 25.9 Å². The first-order valence-electron chi connectivity index (χ1n) is 10.5. The summed E-state index contributed by atoms with van der Waals surface area (Å²) >= 11 is 0. The number of piperidine rings is 1. The molecule has 2 aliphatic rings. The number of ether oxygens (including phenoxy) is 2. The highest BCUT2D eigenvalue weighted by Gasteiger charge is 2.25. The van der Waals surface area contributed by atoms with E-state index in [1.807, 2.05) is 49.3 Å². The summed E-state index contributed by atoms with van der Waals surface area (Å²) in [6.07, 6.45) is 8.18. The summed E-state index contributed by atoms with van der Waals surface area (Å²) in [4.78, 5) is 14.7. The van der Waals surface area contributed by atoms with Crippen molar-refractivity contribution >= 4 is 11.7 Å². The Labute approximate surface area is 172 Å². The highest BCUT2D eigenvalue weighted by Crippen LogP contribution is 2.23. The largest absolute Gasteiger partial charge is 0.376 e. The standard InChI is InChI=1S/C22H30N4O3/c1-16-5-6-21(26-14-17(2)13-23-26)20(12-16)24-22(27)25-9-7-18(8-10-25)29-15-19-4-3-11-28-19/h5-6,12-14,18-19H,3-4,7-11,15H2,1-2H3,(H,24,27). The van der Waals surface area contributed by atoms with E-state index in [2.05, 4.69) is 10.4 Å². The fourth-order valence-corrected chi connectivity index (χ4v) is 3.93. The first-order valence-corrected chi connectivity index (χ1v) is 10.5. The Morgan fingerprint density at radius 3 is 2.76 bits per heavy atom. The Morgan fingerprint density at radius 2 is 2.07 bits per heavy atom. The lowest BCUT2D eigenvalue weighted by Crippen LogP contribution is -2.43. The van der Waals surface area contributed by atoms with Crippen LogP contribution in [0.25, 0.3) is 5.69 Å². The highest BCUT2D eigenvalue weighted by atomic mass is 16.5. The van der Waals surface area contributed by atoms with Crippen molar-refractivity contribution in [2.75, 3.05) is 31.6 Å². The van der Waals surface area contributed by atoms with Gasteiger partial charge in [-0.05, 0) is 62.8 Å². The number of amides is 2. The lowest BCUT2D eigenvalue weighted by Gasteiger charge is -2.32. The quantitative estimate of drug-likeness (QED) is 0.834. The number of hydrogen-bond acceptors (Lipinski definition) is 4. The summed E-state index contributed by atoms with van der Waals surface area (Å²) in [5, 5.41) is 7.47. The van der Waals surface area contributed by atoms with Crippen molar-refractivity contribution in [3.63, 3.8) is 0 Å². The van der Waals surface area contributed by atoms with E-state index in [1.54, 1.807) is 4.68 Å². The third-order valence-corrected chi connectivity index (χ3v) is 5.62. The van der Waals surface area contributed by atoms with E-state index < -0.39 is 0 Å². The van der Waals surface area contributed by atoms with Crippen LogP contribution < -0.4 is 5.32 Å². The van der Waals surface area contributed by atoms with Gasteiger partial charge in [0.25, 0.3) is 0 Å². The zero-order valence-electron chi connectivity index (χ0n) is 17.3. The molecule has 1 aromatic carbocycles. The van der Waals surface area contributed by atoms with Crippen molar-refractivity contribution in [2.24, 2.45) is 0 Å². The molecule has 2 amide bonds. The van der Waals surface area contributed by atoms with Gasteiger partial charge in [-0.25, -0.2) is 9.48 Å². The molecule has 2 fully saturated rings. The van der Waals surface area contributed by atoms with Crippen LogP contribution in [0.4, 0.5) is 10.5 Å². The second-order valence-electron chi connectivity index (χ2n) is 8.07. The van der Waals surface area contributed by atoms with Crippen LogP contribution in [-0.4, -0.2) is 59.2 Å². The lowest BCUT2D eigenvalue weighted by atomic mass is 10.1. The van der Waals surface area contributed by atoms with E-state index in [-0.39, 0.29) is 18.2 Å². The number of carbonyl (C=O) groups is 1. The molecule has 7 nitrogen and oxygen atoms in total. The number of nitrogens with zero attached hydrogens (tertiary/aromatic N) is 3. The summed E-state index contributed by atoms with van der Waals surface area (Å²) in [7, 11) is 0. The number of nitrogens with one attached hydrogen (secondary N) is 1. The third-order valence-electron chi connectivity index (χ3n) is 5.62. The average Bonchev–Trinajstić information content (AvgIpc) is 3.39. The third kappa shape index (κ3) is 4.97. The van der Waals surface area contributed by atoms with Crippen molar-refractivity contribution < 1.29 is 14.3 Å². The number of urea groups is 1. The van der Waals surface area contributed by atoms with E-state index in [4.69, 9.17) is 9.47 Å². The molecule has 0 bridgehead atoms. The number of benzene rings is 1. The molecule has 29 heavy (non-hydrogen) atoms. The van der Waals surface area contributed by atoms with Gasteiger partial charge < -0.3 is 19.7 Å². The topological polar surface area (TPSA) is 68.6 Å². The maximum absolute atomic E-state index is 12.9. The first kappa shape index (κ1) is 19.9. The normalized spacial score (nSPS) is 20.2. The molecule has 1 aromatic heterocycles. The van der Waals surface area contributed by atoms with E-state index in [0.29, 0.717) is 19.7 Å². The van der Waals surface area contributed by atoms with Crippen LogP contribution >= 0.6 is 0 Å². The van der Waals surface area contributed by atoms with Gasteiger partial charge >= 0.3 is 6.03 Å². The summed E-state index contributed by atoms with van der Waals surface area (Å²) in [6, 6.07) is 5.93. The van der Waals surface area contributed by atoms with Crippen LogP contribution in [0.2, 0.25) is 0 Å². The number of likely N-dealkylation sites (tertiary alicyclic amines) is 1. The van der Waals surface area contributed by atoms with Crippen molar-refractivity contribution in [1.29, 1.82) is 0 Å². The Balaban J connectivity index is 1.33. The molecule has 3 heterocycles. The van der Waals surface area contributed by atoms with Gasteiger partial charge in [-0.15, -0.1) is 0 Å². The minimum Gasteiger partial charge on any atom is -0.376 e. The van der Waals surface area contributed by atoms with Crippen molar-refractivity contribution in [3.8, 4) is 5.69 Å². The van der Waals surface area contributed by atoms with Gasteiger partial charge in [-0.1, -0.05) is 6.07 Å². The molecule has 2 aliphatic heterocycles. The zero-order chi connectivity index (χ0) is 20.2. The predicted molar refractivity (Wildman–Crippen MR) is 112 cm³/mol. The SMILES string of the molecule is Cc1ccc(-n2cc(C)cn2)c(NC(=O)N2CCC(OCC3CCCO3)CC2)c1. The maximum atomic E-state index is 12.9. The van der Waals surface area contributed by atoms with Gasteiger partial charge in [0.1, 0.15) is 0 Å². The summed E-state index contributed by atoms with van der Waals surface area (Å²) in [5.74, 6) is 0. The zero-order valence-corrected chi connectivity index (χ0v) is 17.3. The summed E-state index contributed by atoms with van der Waals surface area (Å²) in [5.41, 5.74) is 3.81. The van der Waals surface area contributed by atoms with Gasteiger partial charge in [-0.3, -0.25) is 0 Å². The van der Waals surface area contributed by atoms with E-state index in [0.717, 1.165) is 54.8 Å². The smallest absolute Gasteiger partial charge is 0.321 e. The number of anilines is 1. The van der Waals surface area contributed by atoms with Crippen LogP contribution in [0.15, 0.2) is 30.6 Å². The lowest BCUT2D eigenvalue weighted by molar-refractivity contribution is -0.0377. The summed E-state index contributed by atoms with van der Waals surface area (Å²) in [6.45, 7) is 6.94. The maximum Gasteiger partial charge on any atom is 0.321 e. The number of rotatable bonds is 5. The first-order chi connectivity index (χ1) is 14.1. The molecule has 156 valence electrons. The Bertz CT molecular complexity index is 836. The number of aryl methyl sites for hydroxylation is 2. The molecule has 2 saturated heterocycles. The van der Waals surface area contributed by atoms with Crippen LogP contribution in [0.1, 0.15) is 36.8 Å². The molecular formula is C22H30N4O3. The number of aromatic nitrogens is 2. The monoisotopic (exact) mass is 398 g/mol. The molecule has 4 rings (SSSR count). The molecule has 0 saturated carbocycles. The van der Waals surface area contributed by atoms with Crippen molar-refractivity contribution in [3.05, 3.63) is 41.7 Å². The van der Waals surface area contributed by atoms with E-state index in [9.17, 15) is 4.79 Å². The second kappa shape index (κ2) is 8.97. The van der Waals surface area contributed by atoms with E-state index >= 15 is 0 Å². The highest BCUT2D eigenvalue weighted by molar-refractivity contribution is 5.91. The molecular weight excluding hydrogens is 368 g/mol. The predicted octanol–water partition coefficient (Wildman–Crippen LogP) is 3.68. The van der Waals surface area contributed by atoms with Crippen LogP contribution in [0, 0.1) is 13.8 Å². The van der Waals surface area contributed by atoms with Gasteiger partial charge in [0.05, 0.1) is 36.4 Å². The molecule has 0 spiro atoms. The second-order valence-corrected chi connectivity index (χ2v) is 8.07. The molecule has 1 atom stereocenters. The van der Waals surface area contributed by atoms with Crippen molar-refractivity contribution in [2.45, 2.75) is 51.7 Å². The molecule has 0 aliphatic carbocycles. The van der Waals surface area contributed by atoms with E-state index in [1.165, 1.54) is 0 Å². The average molecular weight is 399 g/mol. The number of carbonyl (C=O) groups excluding carboxylic acids is 1. The van der Waals surface area contributed by atoms with Crippen LogP contribution in [-0.2, 0) is 9.47 Å². The molecule has 2 aromatic rings. The fraction of sp³-hybridized carbons (Fsp3) is 0.545. The molecule has 1 unspecified atom stereocenters. The Morgan fingerprint density at radius 1 is 1.24 bits per heavy atom. The fourth-order valence-electron chi connectivity index (χ4n) is 3.93. The van der Waals surface area contributed by atoms with Crippen molar-refractivity contribution in [1.82, 2.24) is 14.7 Å². The molecule has 0 radical (unpaired) electrons. The Kier molecular flexibility index (Phi) is 6.16. The molecule has 7 heteroatoms. The van der Waals surface area contributed by atoms with Gasteiger partial charge in [-0.2, -0.15) is 5.10 Å². The van der Waals surface area contributed by atoms with Crippen LogP contribution in [0.3, 0.4) is 0 Å².